The van der Waals surface area contributed by atoms with E-state index >= 15 is 0 Å². The standard InChI is InChI=1S/C19H18F2N2/c1-23-18-5-3-12(8-13-2-4-16(20)17(21)10-13)9-14(18)15-11-22-7-6-19(15)23/h2-5,9-10,22H,6-8,11H2,1H3. The Balaban J connectivity index is 1.75. The Morgan fingerprint density at radius 3 is 2.65 bits per heavy atom. The molecular weight excluding hydrogens is 294 g/mol. The van der Waals surface area contributed by atoms with E-state index in [1.807, 2.05) is 0 Å². The van der Waals surface area contributed by atoms with Gasteiger partial charge in [0.05, 0.1) is 0 Å². The number of rotatable bonds is 2. The molecule has 0 bridgehead atoms. The van der Waals surface area contributed by atoms with Crippen molar-refractivity contribution in [1.82, 2.24) is 9.88 Å². The molecule has 4 heteroatoms. The van der Waals surface area contributed by atoms with E-state index in [1.54, 1.807) is 6.07 Å². The van der Waals surface area contributed by atoms with Crippen LogP contribution in [0.25, 0.3) is 10.9 Å². The highest BCUT2D eigenvalue weighted by atomic mass is 19.2. The van der Waals surface area contributed by atoms with Crippen LogP contribution in [0.2, 0.25) is 0 Å². The van der Waals surface area contributed by atoms with Crippen LogP contribution in [0.5, 0.6) is 0 Å². The van der Waals surface area contributed by atoms with Crippen LogP contribution in [0.4, 0.5) is 8.78 Å². The van der Waals surface area contributed by atoms with E-state index in [9.17, 15) is 8.78 Å². The number of nitrogens with one attached hydrogen (secondary N) is 1. The second-order valence-corrected chi connectivity index (χ2v) is 6.19. The highest BCUT2D eigenvalue weighted by Gasteiger charge is 2.18. The zero-order chi connectivity index (χ0) is 16.0. The fourth-order valence-corrected chi connectivity index (χ4v) is 3.55. The quantitative estimate of drug-likeness (QED) is 0.763. The molecule has 0 atom stereocenters. The Kier molecular flexibility index (Phi) is 3.42. The summed E-state index contributed by atoms with van der Waals surface area (Å²) < 4.78 is 28.7. The number of hydrogen-bond acceptors (Lipinski definition) is 1. The molecule has 0 saturated heterocycles. The first-order chi connectivity index (χ1) is 11.1. The summed E-state index contributed by atoms with van der Waals surface area (Å²) in [7, 11) is 2.11. The maximum atomic E-state index is 13.4. The summed E-state index contributed by atoms with van der Waals surface area (Å²) in [6, 6.07) is 10.5. The predicted molar refractivity (Wildman–Crippen MR) is 87.5 cm³/mol. The summed E-state index contributed by atoms with van der Waals surface area (Å²) in [5.41, 5.74) is 5.88. The maximum Gasteiger partial charge on any atom is 0.159 e. The number of fused-ring (bicyclic) bond motifs is 3. The summed E-state index contributed by atoms with van der Waals surface area (Å²) in [5.74, 6) is -1.59. The topological polar surface area (TPSA) is 17.0 Å². The molecular formula is C19H18F2N2. The molecule has 2 aromatic carbocycles. The molecule has 0 aliphatic carbocycles. The van der Waals surface area contributed by atoms with Crippen molar-refractivity contribution in [3.63, 3.8) is 0 Å². The summed E-state index contributed by atoms with van der Waals surface area (Å²) in [6.07, 6.45) is 1.64. The molecule has 2 nitrogen and oxygen atoms in total. The molecule has 0 unspecified atom stereocenters. The second kappa shape index (κ2) is 5.46. The summed E-state index contributed by atoms with van der Waals surface area (Å²) in [5, 5.41) is 4.68. The lowest BCUT2D eigenvalue weighted by atomic mass is 10.0. The van der Waals surface area contributed by atoms with Crippen molar-refractivity contribution < 1.29 is 8.78 Å². The monoisotopic (exact) mass is 312 g/mol. The Bertz CT molecular complexity index is 896. The first-order valence-electron chi connectivity index (χ1n) is 7.87. The van der Waals surface area contributed by atoms with E-state index in [0.29, 0.717) is 6.42 Å². The number of benzene rings is 2. The van der Waals surface area contributed by atoms with Crippen molar-refractivity contribution in [1.29, 1.82) is 0 Å². The molecule has 1 aliphatic rings. The van der Waals surface area contributed by atoms with E-state index in [-0.39, 0.29) is 0 Å². The van der Waals surface area contributed by atoms with Gasteiger partial charge in [-0.05, 0) is 47.4 Å². The summed E-state index contributed by atoms with van der Waals surface area (Å²) in [6.45, 7) is 1.90. The van der Waals surface area contributed by atoms with Crippen molar-refractivity contribution in [2.24, 2.45) is 7.05 Å². The molecule has 0 amide bonds. The van der Waals surface area contributed by atoms with Crippen LogP contribution in [0.3, 0.4) is 0 Å². The third kappa shape index (κ3) is 2.43. The molecule has 4 rings (SSSR count). The van der Waals surface area contributed by atoms with Gasteiger partial charge < -0.3 is 9.88 Å². The lowest BCUT2D eigenvalue weighted by Crippen LogP contribution is -2.24. The smallest absolute Gasteiger partial charge is 0.159 e. The van der Waals surface area contributed by atoms with E-state index in [2.05, 4.69) is 35.1 Å². The van der Waals surface area contributed by atoms with Crippen molar-refractivity contribution in [3.05, 3.63) is 70.4 Å². The molecule has 2 heterocycles. The van der Waals surface area contributed by atoms with E-state index in [0.717, 1.165) is 30.6 Å². The SMILES string of the molecule is Cn1c2c(c3cc(Cc4ccc(F)c(F)c4)ccc31)CNCC2. The molecule has 0 spiro atoms. The highest BCUT2D eigenvalue weighted by molar-refractivity contribution is 5.86. The number of aryl methyl sites for hydroxylation is 1. The van der Waals surface area contributed by atoms with Crippen LogP contribution >= 0.6 is 0 Å². The third-order valence-electron chi connectivity index (χ3n) is 4.73. The lowest BCUT2D eigenvalue weighted by molar-refractivity contribution is 0.507. The van der Waals surface area contributed by atoms with Gasteiger partial charge in [-0.3, -0.25) is 0 Å². The van der Waals surface area contributed by atoms with Gasteiger partial charge in [-0.1, -0.05) is 12.1 Å². The van der Waals surface area contributed by atoms with Crippen LogP contribution in [0, 0.1) is 11.6 Å². The van der Waals surface area contributed by atoms with Gasteiger partial charge in [0.1, 0.15) is 0 Å². The minimum Gasteiger partial charge on any atom is -0.347 e. The largest absolute Gasteiger partial charge is 0.347 e. The van der Waals surface area contributed by atoms with E-state index < -0.39 is 11.6 Å². The minimum atomic E-state index is -0.799. The fraction of sp³-hybridized carbons (Fsp3) is 0.263. The number of halogens is 2. The average molecular weight is 312 g/mol. The molecule has 0 fully saturated rings. The van der Waals surface area contributed by atoms with Gasteiger partial charge in [0.15, 0.2) is 11.6 Å². The second-order valence-electron chi connectivity index (χ2n) is 6.19. The Hall–Kier alpha value is -2.20. The highest BCUT2D eigenvalue weighted by Crippen LogP contribution is 2.29. The van der Waals surface area contributed by atoms with Crippen molar-refractivity contribution in [3.8, 4) is 0 Å². The van der Waals surface area contributed by atoms with Crippen LogP contribution < -0.4 is 5.32 Å². The van der Waals surface area contributed by atoms with Gasteiger partial charge in [0.25, 0.3) is 0 Å². The molecule has 0 radical (unpaired) electrons. The lowest BCUT2D eigenvalue weighted by Gasteiger charge is -2.14. The Morgan fingerprint density at radius 1 is 1.04 bits per heavy atom. The molecule has 3 aromatic rings. The fourth-order valence-electron chi connectivity index (χ4n) is 3.55. The first kappa shape index (κ1) is 14.4. The van der Waals surface area contributed by atoms with Gasteiger partial charge in [0.2, 0.25) is 0 Å². The molecule has 118 valence electrons. The minimum absolute atomic E-state index is 0.601. The van der Waals surface area contributed by atoms with Gasteiger partial charge >= 0.3 is 0 Å². The van der Waals surface area contributed by atoms with Crippen LogP contribution in [-0.4, -0.2) is 11.1 Å². The Labute approximate surface area is 133 Å². The van der Waals surface area contributed by atoms with Gasteiger partial charge in [-0.2, -0.15) is 0 Å². The third-order valence-corrected chi connectivity index (χ3v) is 4.73. The van der Waals surface area contributed by atoms with Gasteiger partial charge in [-0.15, -0.1) is 0 Å². The maximum absolute atomic E-state index is 13.4. The molecule has 0 saturated carbocycles. The first-order valence-corrected chi connectivity index (χ1v) is 7.87. The average Bonchev–Trinajstić information content (AvgIpc) is 2.84. The van der Waals surface area contributed by atoms with Crippen LogP contribution in [0.1, 0.15) is 22.4 Å². The summed E-state index contributed by atoms with van der Waals surface area (Å²) in [4.78, 5) is 0. The molecule has 23 heavy (non-hydrogen) atoms. The number of nitrogens with zero attached hydrogens (tertiary/aromatic N) is 1. The van der Waals surface area contributed by atoms with Crippen LogP contribution in [0.15, 0.2) is 36.4 Å². The predicted octanol–water partition coefficient (Wildman–Crippen LogP) is 3.69. The van der Waals surface area contributed by atoms with Gasteiger partial charge in [0, 0.05) is 43.2 Å². The molecule has 1 aliphatic heterocycles. The van der Waals surface area contributed by atoms with Crippen molar-refractivity contribution in [2.45, 2.75) is 19.4 Å². The van der Waals surface area contributed by atoms with Crippen molar-refractivity contribution in [2.75, 3.05) is 6.54 Å². The zero-order valence-corrected chi connectivity index (χ0v) is 13.0. The Morgan fingerprint density at radius 2 is 1.83 bits per heavy atom. The molecule has 1 aromatic heterocycles. The van der Waals surface area contributed by atoms with E-state index in [1.165, 1.54) is 34.3 Å². The zero-order valence-electron chi connectivity index (χ0n) is 13.0. The van der Waals surface area contributed by atoms with Crippen molar-refractivity contribution >= 4 is 10.9 Å². The summed E-state index contributed by atoms with van der Waals surface area (Å²) >= 11 is 0. The molecule has 1 N–H and O–H groups in total. The van der Waals surface area contributed by atoms with E-state index in [4.69, 9.17) is 0 Å². The van der Waals surface area contributed by atoms with Crippen LogP contribution in [-0.2, 0) is 26.4 Å². The van der Waals surface area contributed by atoms with Gasteiger partial charge in [-0.25, -0.2) is 8.78 Å². The number of hydrogen-bond donors (Lipinski definition) is 1. The normalized spacial score (nSPS) is 14.2. The number of aromatic nitrogens is 1.